The molecule has 5 nitrogen and oxygen atoms in total. The molecule has 0 spiro atoms. The fraction of sp³-hybridized carbons (Fsp3) is 0.412. The van der Waals surface area contributed by atoms with Gasteiger partial charge in [-0.25, -0.2) is 9.78 Å². The lowest BCUT2D eigenvalue weighted by molar-refractivity contribution is -0.149. The Morgan fingerprint density at radius 1 is 1.35 bits per heavy atom. The molecule has 0 aliphatic rings. The minimum Gasteiger partial charge on any atom is -0.493 e. The maximum Gasteiger partial charge on any atom is 0.333 e. The number of carboxylic acid groups (broad SMARTS) is 1. The second-order valence-electron chi connectivity index (χ2n) is 5.09. The number of carbonyl (C=O) groups is 1. The van der Waals surface area contributed by atoms with Crippen molar-refractivity contribution in [3.8, 4) is 5.75 Å². The maximum absolute atomic E-state index is 11.1. The normalized spacial score (nSPS) is 12.1. The average molecular weight is 335 g/mol. The summed E-state index contributed by atoms with van der Waals surface area (Å²) in [7, 11) is 0. The van der Waals surface area contributed by atoms with E-state index in [-0.39, 0.29) is 0 Å². The summed E-state index contributed by atoms with van der Waals surface area (Å²) in [6, 6.07) is 7.48. The van der Waals surface area contributed by atoms with Crippen LogP contribution in [0.15, 0.2) is 29.8 Å². The summed E-state index contributed by atoms with van der Waals surface area (Å²) in [5, 5.41) is 9.10. The van der Waals surface area contributed by atoms with Crippen molar-refractivity contribution < 1.29 is 19.4 Å². The molecule has 1 atom stereocenters. The predicted molar refractivity (Wildman–Crippen MR) is 89.2 cm³/mol. The number of benzene rings is 1. The molecule has 1 aromatic heterocycles. The molecule has 0 saturated carbocycles. The van der Waals surface area contributed by atoms with Gasteiger partial charge in [0, 0.05) is 24.3 Å². The van der Waals surface area contributed by atoms with Crippen LogP contribution in [-0.2, 0) is 22.4 Å². The van der Waals surface area contributed by atoms with Crippen molar-refractivity contribution >= 4 is 17.3 Å². The molecule has 23 heavy (non-hydrogen) atoms. The molecule has 1 heterocycles. The minimum atomic E-state index is -0.938. The first kappa shape index (κ1) is 17.4. The molecule has 1 unspecified atom stereocenters. The van der Waals surface area contributed by atoms with Gasteiger partial charge in [0.05, 0.1) is 17.8 Å². The van der Waals surface area contributed by atoms with Gasteiger partial charge in [-0.3, -0.25) is 0 Å². The van der Waals surface area contributed by atoms with Crippen LogP contribution in [0, 0.1) is 6.92 Å². The molecule has 0 aliphatic carbocycles. The van der Waals surface area contributed by atoms with Gasteiger partial charge in [-0.05, 0) is 31.5 Å². The summed E-state index contributed by atoms with van der Waals surface area (Å²) in [6.07, 6.45) is 0.383. The van der Waals surface area contributed by atoms with Crippen molar-refractivity contribution in [3.63, 3.8) is 0 Å². The highest BCUT2D eigenvalue weighted by molar-refractivity contribution is 7.09. The van der Waals surface area contributed by atoms with Crippen LogP contribution in [0.3, 0.4) is 0 Å². The summed E-state index contributed by atoms with van der Waals surface area (Å²) < 4.78 is 10.9. The van der Waals surface area contributed by atoms with Crippen molar-refractivity contribution in [2.75, 3.05) is 13.2 Å². The molecular weight excluding hydrogens is 314 g/mol. The Hall–Kier alpha value is -1.92. The van der Waals surface area contributed by atoms with Crippen molar-refractivity contribution in [2.45, 2.75) is 32.8 Å². The molecule has 2 aromatic rings. The third-order valence-electron chi connectivity index (χ3n) is 3.43. The number of aromatic nitrogens is 1. The Morgan fingerprint density at radius 2 is 2.09 bits per heavy atom. The van der Waals surface area contributed by atoms with Gasteiger partial charge in [-0.1, -0.05) is 12.1 Å². The quantitative estimate of drug-likeness (QED) is 0.762. The minimum absolute atomic E-state index is 0.351. The lowest BCUT2D eigenvalue weighted by Gasteiger charge is -2.12. The Kier molecular flexibility index (Phi) is 6.55. The van der Waals surface area contributed by atoms with Gasteiger partial charge >= 0.3 is 5.97 Å². The number of aliphatic carboxylic acids is 1. The van der Waals surface area contributed by atoms with E-state index in [9.17, 15) is 4.79 Å². The summed E-state index contributed by atoms with van der Waals surface area (Å²) in [5.41, 5.74) is 3.82. The summed E-state index contributed by atoms with van der Waals surface area (Å²) in [4.78, 5) is 16.5. The fourth-order valence-corrected chi connectivity index (χ4v) is 2.94. The highest BCUT2D eigenvalue weighted by Gasteiger charge is 2.17. The largest absolute Gasteiger partial charge is 0.493 e. The van der Waals surface area contributed by atoms with Crippen molar-refractivity contribution in [1.82, 2.24) is 4.98 Å². The number of thiazole rings is 1. The molecule has 0 fully saturated rings. The Morgan fingerprint density at radius 3 is 2.65 bits per heavy atom. The SMILES string of the molecule is CCOC(Cc1ccc(OCCc2scnc2C)cc1)C(=O)O. The lowest BCUT2D eigenvalue weighted by atomic mass is 10.1. The van der Waals surface area contributed by atoms with Gasteiger partial charge in [0.15, 0.2) is 6.10 Å². The van der Waals surface area contributed by atoms with E-state index < -0.39 is 12.1 Å². The molecule has 1 aromatic carbocycles. The number of hydrogen-bond donors (Lipinski definition) is 1. The second kappa shape index (κ2) is 8.64. The molecule has 0 aliphatic heterocycles. The number of nitrogens with zero attached hydrogens (tertiary/aromatic N) is 1. The van der Waals surface area contributed by atoms with E-state index in [0.717, 1.165) is 23.4 Å². The molecule has 124 valence electrons. The Balaban J connectivity index is 1.84. The van der Waals surface area contributed by atoms with E-state index in [1.54, 1.807) is 18.3 Å². The van der Waals surface area contributed by atoms with Crippen LogP contribution in [-0.4, -0.2) is 35.4 Å². The third-order valence-corrected chi connectivity index (χ3v) is 4.43. The van der Waals surface area contributed by atoms with Crippen LogP contribution in [0.25, 0.3) is 0 Å². The van der Waals surface area contributed by atoms with Crippen LogP contribution < -0.4 is 4.74 Å². The van der Waals surface area contributed by atoms with E-state index in [1.807, 2.05) is 36.7 Å². The lowest BCUT2D eigenvalue weighted by Crippen LogP contribution is -2.26. The van der Waals surface area contributed by atoms with Gasteiger partial charge in [-0.2, -0.15) is 0 Å². The zero-order valence-corrected chi connectivity index (χ0v) is 14.1. The monoisotopic (exact) mass is 335 g/mol. The first-order valence-corrected chi connectivity index (χ1v) is 8.43. The van der Waals surface area contributed by atoms with E-state index in [1.165, 1.54) is 4.88 Å². The molecule has 1 N–H and O–H groups in total. The third kappa shape index (κ3) is 5.33. The molecular formula is C17H21NO4S. The van der Waals surface area contributed by atoms with Gasteiger partial charge in [0.1, 0.15) is 5.75 Å². The van der Waals surface area contributed by atoms with E-state index in [4.69, 9.17) is 14.6 Å². The molecule has 6 heteroatoms. The standard InChI is InChI=1S/C17H21NO4S/c1-3-21-15(17(19)20)10-13-4-6-14(7-5-13)22-9-8-16-12(2)18-11-23-16/h4-7,11,15H,3,8-10H2,1-2H3,(H,19,20). The highest BCUT2D eigenvalue weighted by Crippen LogP contribution is 2.17. The molecule has 0 radical (unpaired) electrons. The van der Waals surface area contributed by atoms with Crippen LogP contribution in [0.4, 0.5) is 0 Å². The summed E-state index contributed by atoms with van der Waals surface area (Å²) in [6.45, 7) is 4.77. The molecule has 0 saturated heterocycles. The summed E-state index contributed by atoms with van der Waals surface area (Å²) >= 11 is 1.64. The van der Waals surface area contributed by atoms with Crippen molar-refractivity contribution in [3.05, 3.63) is 45.9 Å². The number of hydrogen-bond acceptors (Lipinski definition) is 5. The smallest absolute Gasteiger partial charge is 0.333 e. The van der Waals surface area contributed by atoms with Crippen molar-refractivity contribution in [1.29, 1.82) is 0 Å². The van der Waals surface area contributed by atoms with Crippen molar-refractivity contribution in [2.24, 2.45) is 0 Å². The van der Waals surface area contributed by atoms with E-state index >= 15 is 0 Å². The number of ether oxygens (including phenoxy) is 2. The molecule has 0 amide bonds. The zero-order chi connectivity index (χ0) is 16.7. The Bertz CT molecular complexity index is 624. The van der Waals surface area contributed by atoms with E-state index in [2.05, 4.69) is 4.98 Å². The Labute approximate surface area is 139 Å². The van der Waals surface area contributed by atoms with Crippen LogP contribution in [0.5, 0.6) is 5.75 Å². The highest BCUT2D eigenvalue weighted by atomic mass is 32.1. The van der Waals surface area contributed by atoms with Gasteiger partial charge < -0.3 is 14.6 Å². The van der Waals surface area contributed by atoms with Crippen LogP contribution in [0.1, 0.15) is 23.1 Å². The molecule has 0 bridgehead atoms. The molecule has 2 rings (SSSR count). The number of carboxylic acids is 1. The number of rotatable bonds is 9. The zero-order valence-electron chi connectivity index (χ0n) is 13.3. The topological polar surface area (TPSA) is 68.7 Å². The predicted octanol–water partition coefficient (Wildman–Crippen LogP) is 3.11. The van der Waals surface area contributed by atoms with Crippen LogP contribution >= 0.6 is 11.3 Å². The number of aryl methyl sites for hydroxylation is 1. The first-order valence-electron chi connectivity index (χ1n) is 7.55. The van der Waals surface area contributed by atoms with Crippen LogP contribution in [0.2, 0.25) is 0 Å². The van der Waals surface area contributed by atoms with Gasteiger partial charge in [-0.15, -0.1) is 11.3 Å². The maximum atomic E-state index is 11.1. The summed E-state index contributed by atoms with van der Waals surface area (Å²) in [5.74, 6) is -0.161. The van der Waals surface area contributed by atoms with Gasteiger partial charge in [0.2, 0.25) is 0 Å². The second-order valence-corrected chi connectivity index (χ2v) is 6.03. The first-order chi connectivity index (χ1) is 11.1. The average Bonchev–Trinajstić information content (AvgIpc) is 2.94. The fourth-order valence-electron chi connectivity index (χ4n) is 2.18. The van der Waals surface area contributed by atoms with E-state index in [0.29, 0.717) is 19.6 Å². The van der Waals surface area contributed by atoms with Gasteiger partial charge in [0.25, 0.3) is 0 Å².